The molecule has 0 aliphatic carbocycles. The summed E-state index contributed by atoms with van der Waals surface area (Å²) in [6, 6.07) is 2.79. The summed E-state index contributed by atoms with van der Waals surface area (Å²) in [5, 5.41) is 2.64. The fraction of sp³-hybridized carbons (Fsp3) is 0.500. The Kier molecular flexibility index (Phi) is 8.10. The molecule has 0 atom stereocenters. The Bertz CT molecular complexity index is 506. The normalized spacial score (nSPS) is 10.3. The van der Waals surface area contributed by atoms with Crippen LogP contribution in [0.3, 0.4) is 0 Å². The number of carbonyl (C=O) groups excluding carboxylic acids is 2. The molecule has 0 radical (unpaired) electrons. The third kappa shape index (κ3) is 6.65. The second-order valence-electron chi connectivity index (χ2n) is 4.93. The van der Waals surface area contributed by atoms with Crippen LogP contribution in [0.2, 0.25) is 0 Å². The molecule has 1 N–H and O–H groups in total. The lowest BCUT2D eigenvalue weighted by Gasteiger charge is -2.07. The van der Waals surface area contributed by atoms with Crippen molar-refractivity contribution in [3.8, 4) is 0 Å². The third-order valence-electron chi connectivity index (χ3n) is 3.07. The van der Waals surface area contributed by atoms with Crippen molar-refractivity contribution in [1.29, 1.82) is 0 Å². The van der Waals surface area contributed by atoms with Gasteiger partial charge in [0.05, 0.1) is 12.1 Å². The summed E-state index contributed by atoms with van der Waals surface area (Å²) in [5.41, 5.74) is -0.0650. The van der Waals surface area contributed by atoms with Gasteiger partial charge in [-0.1, -0.05) is 26.2 Å². The van der Waals surface area contributed by atoms with Crippen LogP contribution >= 0.6 is 0 Å². The van der Waals surface area contributed by atoms with Crippen LogP contribution in [0, 0.1) is 11.6 Å². The smallest absolute Gasteiger partial charge is 0.338 e. The van der Waals surface area contributed by atoms with Gasteiger partial charge < -0.3 is 10.1 Å². The van der Waals surface area contributed by atoms with Crippen molar-refractivity contribution in [3.63, 3.8) is 0 Å². The number of hydrogen-bond acceptors (Lipinski definition) is 3. The van der Waals surface area contributed by atoms with Crippen molar-refractivity contribution in [2.45, 2.75) is 39.0 Å². The summed E-state index contributed by atoms with van der Waals surface area (Å²) in [7, 11) is 0. The van der Waals surface area contributed by atoms with Crippen LogP contribution in [-0.4, -0.2) is 25.0 Å². The van der Waals surface area contributed by atoms with Crippen molar-refractivity contribution in [1.82, 2.24) is 5.32 Å². The van der Waals surface area contributed by atoms with Gasteiger partial charge in [0.25, 0.3) is 0 Å². The van der Waals surface area contributed by atoms with E-state index in [0.29, 0.717) is 6.42 Å². The maximum absolute atomic E-state index is 13.0. The number of amides is 1. The number of ether oxygens (including phenoxy) is 1. The van der Waals surface area contributed by atoms with E-state index in [4.69, 9.17) is 4.74 Å². The zero-order chi connectivity index (χ0) is 16.4. The van der Waals surface area contributed by atoms with Gasteiger partial charge in [-0.25, -0.2) is 13.6 Å². The molecule has 0 aromatic heterocycles. The summed E-state index contributed by atoms with van der Waals surface area (Å²) in [4.78, 5) is 23.0. The molecule has 0 unspecified atom stereocenters. The van der Waals surface area contributed by atoms with E-state index in [9.17, 15) is 18.4 Å². The molecular formula is C16H21F2NO3. The number of unbranched alkanes of at least 4 members (excludes halogenated alkanes) is 3. The van der Waals surface area contributed by atoms with Gasteiger partial charge in [-0.15, -0.1) is 0 Å². The number of carbonyl (C=O) groups is 2. The first-order valence-electron chi connectivity index (χ1n) is 7.43. The van der Waals surface area contributed by atoms with E-state index in [1.54, 1.807) is 0 Å². The van der Waals surface area contributed by atoms with Crippen molar-refractivity contribution < 1.29 is 23.1 Å². The Morgan fingerprint density at radius 2 is 1.91 bits per heavy atom. The molecule has 0 aliphatic heterocycles. The molecule has 1 amide bonds. The van der Waals surface area contributed by atoms with Crippen molar-refractivity contribution in [2.75, 3.05) is 13.2 Å². The molecule has 0 bridgehead atoms. The van der Waals surface area contributed by atoms with Crippen LogP contribution in [0.5, 0.6) is 0 Å². The van der Waals surface area contributed by atoms with E-state index in [2.05, 4.69) is 12.2 Å². The summed E-state index contributed by atoms with van der Waals surface area (Å²) in [6.45, 7) is 2.28. The van der Waals surface area contributed by atoms with Gasteiger partial charge >= 0.3 is 5.97 Å². The number of rotatable bonds is 9. The van der Waals surface area contributed by atoms with Gasteiger partial charge in [0.1, 0.15) is 6.61 Å². The summed E-state index contributed by atoms with van der Waals surface area (Å²) < 4.78 is 30.6. The van der Waals surface area contributed by atoms with Crippen LogP contribution in [0.15, 0.2) is 18.2 Å². The maximum Gasteiger partial charge on any atom is 0.338 e. The lowest BCUT2D eigenvalue weighted by atomic mass is 10.1. The second-order valence-corrected chi connectivity index (χ2v) is 4.93. The number of esters is 1. The van der Waals surface area contributed by atoms with Crippen LogP contribution < -0.4 is 5.32 Å². The molecule has 6 heteroatoms. The first-order chi connectivity index (χ1) is 10.5. The zero-order valence-electron chi connectivity index (χ0n) is 12.7. The van der Waals surface area contributed by atoms with E-state index in [1.807, 2.05) is 0 Å². The number of hydrogen-bond donors (Lipinski definition) is 1. The van der Waals surface area contributed by atoms with Crippen LogP contribution in [-0.2, 0) is 9.53 Å². The number of halogens is 2. The highest BCUT2D eigenvalue weighted by Crippen LogP contribution is 2.09. The van der Waals surface area contributed by atoms with Gasteiger partial charge in [-0.05, 0) is 24.6 Å². The largest absolute Gasteiger partial charge is 0.460 e. The van der Waals surface area contributed by atoms with Crippen LogP contribution in [0.25, 0.3) is 0 Å². The van der Waals surface area contributed by atoms with E-state index in [0.717, 1.165) is 43.9 Å². The lowest BCUT2D eigenvalue weighted by Crippen LogP contribution is -2.27. The van der Waals surface area contributed by atoms with Crippen molar-refractivity contribution in [3.05, 3.63) is 35.4 Å². The Morgan fingerprint density at radius 1 is 1.14 bits per heavy atom. The van der Waals surface area contributed by atoms with Gasteiger partial charge in [0.2, 0.25) is 5.91 Å². The highest BCUT2D eigenvalue weighted by molar-refractivity contribution is 5.89. The highest BCUT2D eigenvalue weighted by atomic mass is 19.2. The van der Waals surface area contributed by atoms with Gasteiger partial charge in [0.15, 0.2) is 11.6 Å². The monoisotopic (exact) mass is 313 g/mol. The molecule has 1 rings (SSSR count). The van der Waals surface area contributed by atoms with E-state index < -0.39 is 17.6 Å². The molecule has 4 nitrogen and oxygen atoms in total. The van der Waals surface area contributed by atoms with Crippen LogP contribution in [0.4, 0.5) is 8.78 Å². The Balaban J connectivity index is 2.19. The first kappa shape index (κ1) is 18.1. The number of nitrogens with one attached hydrogen (secondary N) is 1. The zero-order valence-corrected chi connectivity index (χ0v) is 12.7. The Hall–Kier alpha value is -1.98. The fourth-order valence-electron chi connectivity index (χ4n) is 1.84. The highest BCUT2D eigenvalue weighted by Gasteiger charge is 2.11. The molecule has 22 heavy (non-hydrogen) atoms. The quantitative estimate of drug-likeness (QED) is 0.562. The van der Waals surface area contributed by atoms with Crippen molar-refractivity contribution in [2.24, 2.45) is 0 Å². The fourth-order valence-corrected chi connectivity index (χ4v) is 1.84. The average molecular weight is 313 g/mol. The molecular weight excluding hydrogens is 292 g/mol. The second kappa shape index (κ2) is 9.87. The minimum absolute atomic E-state index is 0.0153. The van der Waals surface area contributed by atoms with E-state index in [-0.39, 0.29) is 24.6 Å². The molecule has 1 aromatic rings. The molecule has 0 spiro atoms. The first-order valence-corrected chi connectivity index (χ1v) is 7.43. The predicted molar refractivity (Wildman–Crippen MR) is 78.4 cm³/mol. The molecule has 122 valence electrons. The van der Waals surface area contributed by atoms with E-state index >= 15 is 0 Å². The average Bonchev–Trinajstić information content (AvgIpc) is 2.50. The summed E-state index contributed by atoms with van der Waals surface area (Å²) in [6.07, 6.45) is 4.54. The van der Waals surface area contributed by atoms with Gasteiger partial charge in [0, 0.05) is 6.42 Å². The lowest BCUT2D eigenvalue weighted by molar-refractivity contribution is -0.121. The Labute approximate surface area is 128 Å². The van der Waals surface area contributed by atoms with Gasteiger partial charge in [-0.2, -0.15) is 0 Å². The molecule has 0 saturated carbocycles. The Morgan fingerprint density at radius 3 is 2.59 bits per heavy atom. The predicted octanol–water partition coefficient (Wildman–Crippen LogP) is 3.21. The third-order valence-corrected chi connectivity index (χ3v) is 3.07. The maximum atomic E-state index is 13.0. The SMILES string of the molecule is CCCCCCC(=O)NCCOC(=O)c1ccc(F)c(F)c1. The van der Waals surface area contributed by atoms with Crippen LogP contribution in [0.1, 0.15) is 49.4 Å². The van der Waals surface area contributed by atoms with E-state index in [1.165, 1.54) is 0 Å². The molecule has 0 fully saturated rings. The summed E-state index contributed by atoms with van der Waals surface area (Å²) in [5.74, 6) is -2.96. The topological polar surface area (TPSA) is 55.4 Å². The molecule has 1 aromatic carbocycles. The minimum Gasteiger partial charge on any atom is -0.460 e. The van der Waals surface area contributed by atoms with Crippen molar-refractivity contribution >= 4 is 11.9 Å². The minimum atomic E-state index is -1.10. The number of benzene rings is 1. The molecule has 0 heterocycles. The standard InChI is InChI=1S/C16H21F2NO3/c1-2-3-4-5-6-15(20)19-9-10-22-16(21)12-7-8-13(17)14(18)11-12/h7-8,11H,2-6,9-10H2,1H3,(H,19,20). The summed E-state index contributed by atoms with van der Waals surface area (Å²) >= 11 is 0. The molecule has 0 saturated heterocycles. The molecule has 0 aliphatic rings. The van der Waals surface area contributed by atoms with Gasteiger partial charge in [-0.3, -0.25) is 4.79 Å².